The molecule has 1 amide bonds. The molecule has 1 saturated heterocycles. The van der Waals surface area contributed by atoms with E-state index < -0.39 is 5.41 Å². The third kappa shape index (κ3) is 2.15. The third-order valence-electron chi connectivity index (χ3n) is 3.06. The molecule has 0 atom stereocenters. The first-order valence-electron chi connectivity index (χ1n) is 5.46. The summed E-state index contributed by atoms with van der Waals surface area (Å²) in [6.45, 7) is 0.902. The number of aromatic nitrogens is 2. The van der Waals surface area contributed by atoms with Crippen molar-refractivity contribution in [1.29, 1.82) is 5.26 Å². The molecular weight excluding hydrogens is 220 g/mol. The molecule has 0 saturated carbocycles. The van der Waals surface area contributed by atoms with Gasteiger partial charge in [0.2, 0.25) is 5.91 Å². The van der Waals surface area contributed by atoms with Gasteiger partial charge in [0.25, 0.3) is 0 Å². The van der Waals surface area contributed by atoms with Crippen LogP contribution >= 0.6 is 0 Å². The fourth-order valence-corrected chi connectivity index (χ4v) is 1.84. The largest absolute Gasteiger partial charge is 0.381 e. The number of hydrogen-bond acceptors (Lipinski definition) is 4. The molecule has 1 aliphatic heterocycles. The molecule has 2 rings (SSSR count). The van der Waals surface area contributed by atoms with E-state index in [1.54, 1.807) is 24.0 Å². The van der Waals surface area contributed by atoms with E-state index in [1.807, 2.05) is 0 Å². The van der Waals surface area contributed by atoms with Crippen LogP contribution in [0.3, 0.4) is 0 Å². The van der Waals surface area contributed by atoms with Gasteiger partial charge in [-0.3, -0.25) is 9.48 Å². The fourth-order valence-electron chi connectivity index (χ4n) is 1.84. The Morgan fingerprint density at radius 1 is 1.65 bits per heavy atom. The Kier molecular flexibility index (Phi) is 3.11. The van der Waals surface area contributed by atoms with Crippen molar-refractivity contribution < 1.29 is 9.53 Å². The first-order valence-corrected chi connectivity index (χ1v) is 5.46. The Bertz CT molecular complexity index is 454. The lowest BCUT2D eigenvalue weighted by Crippen LogP contribution is -2.40. The molecular formula is C11H14N4O2. The van der Waals surface area contributed by atoms with E-state index in [1.165, 1.54) is 0 Å². The molecule has 1 aromatic rings. The second-order valence-corrected chi connectivity index (χ2v) is 4.10. The minimum Gasteiger partial charge on any atom is -0.381 e. The zero-order valence-corrected chi connectivity index (χ0v) is 9.64. The van der Waals surface area contributed by atoms with Gasteiger partial charge < -0.3 is 10.1 Å². The zero-order chi connectivity index (χ0) is 12.3. The highest BCUT2D eigenvalue weighted by Gasteiger charge is 2.40. The highest BCUT2D eigenvalue weighted by Crippen LogP contribution is 2.31. The normalized spacial score (nSPS) is 18.4. The molecule has 1 N–H and O–H groups in total. The number of carbonyl (C=O) groups is 1. The van der Waals surface area contributed by atoms with E-state index in [0.29, 0.717) is 31.9 Å². The van der Waals surface area contributed by atoms with Gasteiger partial charge >= 0.3 is 0 Å². The molecule has 90 valence electrons. The summed E-state index contributed by atoms with van der Waals surface area (Å²) in [6.07, 6.45) is 2.47. The van der Waals surface area contributed by atoms with Gasteiger partial charge in [-0.1, -0.05) is 0 Å². The lowest BCUT2D eigenvalue weighted by atomic mass is 9.81. The number of nitriles is 1. The highest BCUT2D eigenvalue weighted by atomic mass is 16.5. The first-order chi connectivity index (χ1) is 8.18. The molecule has 1 aliphatic rings. The molecule has 0 aliphatic carbocycles. The SMILES string of the molecule is Cn1nccc1NC(=O)C1(C#N)CCOCC1. The Balaban J connectivity index is 2.13. The minimum absolute atomic E-state index is 0.271. The van der Waals surface area contributed by atoms with E-state index in [2.05, 4.69) is 16.5 Å². The van der Waals surface area contributed by atoms with Gasteiger partial charge in [-0.15, -0.1) is 0 Å². The van der Waals surface area contributed by atoms with Crippen LogP contribution in [-0.4, -0.2) is 28.9 Å². The predicted octanol–water partition coefficient (Wildman–Crippen LogP) is 0.679. The van der Waals surface area contributed by atoms with E-state index in [4.69, 9.17) is 4.74 Å². The van der Waals surface area contributed by atoms with E-state index in [0.717, 1.165) is 0 Å². The first kappa shape index (κ1) is 11.6. The smallest absolute Gasteiger partial charge is 0.246 e. The van der Waals surface area contributed by atoms with Gasteiger partial charge in [0.1, 0.15) is 11.2 Å². The Morgan fingerprint density at radius 2 is 2.35 bits per heavy atom. The molecule has 0 radical (unpaired) electrons. The lowest BCUT2D eigenvalue weighted by Gasteiger charge is -2.29. The van der Waals surface area contributed by atoms with Crippen LogP contribution in [0.15, 0.2) is 12.3 Å². The quantitative estimate of drug-likeness (QED) is 0.816. The van der Waals surface area contributed by atoms with Gasteiger partial charge in [-0.25, -0.2) is 0 Å². The predicted molar refractivity (Wildman–Crippen MR) is 59.9 cm³/mol. The summed E-state index contributed by atoms with van der Waals surface area (Å²) in [5.41, 5.74) is -0.970. The van der Waals surface area contributed by atoms with Crippen molar-refractivity contribution in [3.05, 3.63) is 12.3 Å². The number of nitrogens with one attached hydrogen (secondary N) is 1. The van der Waals surface area contributed by atoms with Gasteiger partial charge in [-0.2, -0.15) is 10.4 Å². The van der Waals surface area contributed by atoms with Crippen LogP contribution in [0.2, 0.25) is 0 Å². The maximum Gasteiger partial charge on any atom is 0.246 e. The number of rotatable bonds is 2. The average molecular weight is 234 g/mol. The highest BCUT2D eigenvalue weighted by molar-refractivity contribution is 5.96. The molecule has 0 spiro atoms. The molecule has 0 aromatic carbocycles. The van der Waals surface area contributed by atoms with E-state index in [9.17, 15) is 10.1 Å². The second-order valence-electron chi connectivity index (χ2n) is 4.10. The monoisotopic (exact) mass is 234 g/mol. The van der Waals surface area contributed by atoms with E-state index in [-0.39, 0.29) is 5.91 Å². The maximum atomic E-state index is 12.1. The molecule has 0 unspecified atom stereocenters. The van der Waals surface area contributed by atoms with Crippen LogP contribution in [0.4, 0.5) is 5.82 Å². The van der Waals surface area contributed by atoms with Crippen molar-refractivity contribution in [2.45, 2.75) is 12.8 Å². The second kappa shape index (κ2) is 4.55. The van der Waals surface area contributed by atoms with Crippen LogP contribution < -0.4 is 5.32 Å². The standard InChI is InChI=1S/C11H14N4O2/c1-15-9(2-5-13-15)14-10(16)11(8-12)3-6-17-7-4-11/h2,5H,3-4,6-7H2,1H3,(H,14,16). The number of anilines is 1. The van der Waals surface area contributed by atoms with Crippen molar-refractivity contribution in [3.63, 3.8) is 0 Å². The summed E-state index contributed by atoms with van der Waals surface area (Å²) in [7, 11) is 1.73. The molecule has 1 fully saturated rings. The van der Waals surface area contributed by atoms with Gasteiger partial charge in [0, 0.05) is 26.3 Å². The number of aryl methyl sites for hydroxylation is 1. The molecule has 6 heteroatoms. The summed E-state index contributed by atoms with van der Waals surface area (Å²) in [5, 5.41) is 15.9. The topological polar surface area (TPSA) is 79.9 Å². The Labute approximate surface area is 99.2 Å². The molecule has 2 heterocycles. The Hall–Kier alpha value is -1.87. The molecule has 0 bridgehead atoms. The van der Waals surface area contributed by atoms with Gasteiger partial charge in [-0.05, 0) is 12.8 Å². The summed E-state index contributed by atoms with van der Waals surface area (Å²) in [6, 6.07) is 3.82. The van der Waals surface area contributed by atoms with Crippen molar-refractivity contribution in [2.75, 3.05) is 18.5 Å². The van der Waals surface area contributed by atoms with E-state index >= 15 is 0 Å². The zero-order valence-electron chi connectivity index (χ0n) is 9.64. The number of ether oxygens (including phenoxy) is 1. The van der Waals surface area contributed by atoms with Crippen molar-refractivity contribution in [3.8, 4) is 6.07 Å². The third-order valence-corrected chi connectivity index (χ3v) is 3.06. The van der Waals surface area contributed by atoms with Crippen molar-refractivity contribution >= 4 is 11.7 Å². The van der Waals surface area contributed by atoms with Crippen LogP contribution in [0.5, 0.6) is 0 Å². The average Bonchev–Trinajstić information content (AvgIpc) is 2.76. The maximum absolute atomic E-state index is 12.1. The Morgan fingerprint density at radius 3 is 2.88 bits per heavy atom. The van der Waals surface area contributed by atoms with Crippen LogP contribution in [0, 0.1) is 16.7 Å². The molecule has 17 heavy (non-hydrogen) atoms. The summed E-state index contributed by atoms with van der Waals surface area (Å²) in [5.74, 6) is 0.322. The number of amides is 1. The van der Waals surface area contributed by atoms with Crippen LogP contribution in [0.25, 0.3) is 0 Å². The number of nitrogens with zero attached hydrogens (tertiary/aromatic N) is 3. The number of carbonyl (C=O) groups excluding carboxylic acids is 1. The van der Waals surface area contributed by atoms with Crippen LogP contribution in [-0.2, 0) is 16.6 Å². The van der Waals surface area contributed by atoms with Gasteiger partial charge in [0.15, 0.2) is 0 Å². The van der Waals surface area contributed by atoms with Gasteiger partial charge in [0.05, 0.1) is 12.3 Å². The van der Waals surface area contributed by atoms with Crippen molar-refractivity contribution in [1.82, 2.24) is 9.78 Å². The summed E-state index contributed by atoms with van der Waals surface area (Å²) >= 11 is 0. The fraction of sp³-hybridized carbons (Fsp3) is 0.545. The molecule has 6 nitrogen and oxygen atoms in total. The summed E-state index contributed by atoms with van der Waals surface area (Å²) < 4.78 is 6.74. The summed E-state index contributed by atoms with van der Waals surface area (Å²) in [4.78, 5) is 12.1. The van der Waals surface area contributed by atoms with Crippen LogP contribution in [0.1, 0.15) is 12.8 Å². The lowest BCUT2D eigenvalue weighted by molar-refractivity contribution is -0.126. The molecule has 1 aromatic heterocycles. The minimum atomic E-state index is -0.970. The number of hydrogen-bond donors (Lipinski definition) is 1. The van der Waals surface area contributed by atoms with Crippen molar-refractivity contribution in [2.24, 2.45) is 12.5 Å².